The largest absolute Gasteiger partial charge is 0.361 e. The molecule has 2 aromatic heterocycles. The Hall–Kier alpha value is -4.22. The van der Waals surface area contributed by atoms with Crippen LogP contribution in [0.3, 0.4) is 0 Å². The van der Waals surface area contributed by atoms with Gasteiger partial charge in [-0.3, -0.25) is 4.99 Å². The molecule has 2 aliphatic heterocycles. The van der Waals surface area contributed by atoms with Crippen LogP contribution >= 0.6 is 11.8 Å². The molecule has 0 bridgehead atoms. The second-order valence-corrected chi connectivity index (χ2v) is 19.6. The average Bonchev–Trinajstić information content (AvgIpc) is 3.88. The molecule has 10 atom stereocenters. The highest BCUT2D eigenvalue weighted by Gasteiger charge is 2.55. The summed E-state index contributed by atoms with van der Waals surface area (Å²) in [6.45, 7) is 0. The fraction of sp³-hybridized carbons (Fsp3) is 0.431. The number of aliphatic imine (C=N–C) groups is 1. The molecule has 3 fully saturated rings. The Morgan fingerprint density at radius 1 is 0.732 bits per heavy atom. The van der Waals surface area contributed by atoms with Crippen molar-refractivity contribution in [2.45, 2.75) is 106 Å². The van der Waals surface area contributed by atoms with Gasteiger partial charge in [0.15, 0.2) is 0 Å². The second-order valence-electron chi connectivity index (χ2n) is 18.1. The van der Waals surface area contributed by atoms with Crippen molar-refractivity contribution in [3.05, 3.63) is 135 Å². The molecule has 2 N–H and O–H groups in total. The first-order chi connectivity index (χ1) is 27.8. The number of aromatic nitrogens is 2. The first-order valence-electron chi connectivity index (χ1n) is 22.1. The highest BCUT2D eigenvalue weighted by molar-refractivity contribution is 8.00. The molecule has 8 unspecified atom stereocenters. The van der Waals surface area contributed by atoms with Gasteiger partial charge in [-0.05, 0) is 129 Å². The number of nitrogens with one attached hydrogen (secondary N) is 2. The van der Waals surface area contributed by atoms with Crippen molar-refractivity contribution >= 4 is 47.5 Å². The van der Waals surface area contributed by atoms with E-state index < -0.39 is 0 Å². The van der Waals surface area contributed by atoms with E-state index in [4.69, 9.17) is 4.99 Å². The lowest BCUT2D eigenvalue weighted by Gasteiger charge is -2.47. The lowest BCUT2D eigenvalue weighted by molar-refractivity contribution is 0.111. The van der Waals surface area contributed by atoms with Crippen LogP contribution in [0.25, 0.3) is 24.3 Å². The molecule has 0 amide bonds. The first kappa shape index (κ1) is 33.9. The molecule has 1 aromatic carbocycles. The number of benzene rings is 1. The Morgan fingerprint density at radius 2 is 1.55 bits per heavy atom. The minimum absolute atomic E-state index is 0.0570. The number of allylic oxidation sites excluding steroid dienone is 10. The Bertz CT molecular complexity index is 2410. The van der Waals surface area contributed by atoms with E-state index in [9.17, 15) is 0 Å². The van der Waals surface area contributed by atoms with Gasteiger partial charge in [-0.15, -0.1) is 0 Å². The number of anilines is 1. The Labute approximate surface area is 336 Å². The summed E-state index contributed by atoms with van der Waals surface area (Å²) in [6, 6.07) is 9.99. The van der Waals surface area contributed by atoms with Crippen molar-refractivity contribution in [1.29, 1.82) is 0 Å². The zero-order chi connectivity index (χ0) is 36.7. The first-order valence-corrected chi connectivity index (χ1v) is 23.0. The zero-order valence-corrected chi connectivity index (χ0v) is 33.3. The monoisotopic (exact) mass is 754 g/mol. The van der Waals surface area contributed by atoms with E-state index >= 15 is 0 Å². The van der Waals surface area contributed by atoms with E-state index in [-0.39, 0.29) is 6.17 Å². The van der Waals surface area contributed by atoms with Gasteiger partial charge in [-0.2, -0.15) is 11.8 Å². The molecule has 7 aliphatic carbocycles. The molecule has 9 aliphatic rings. The minimum Gasteiger partial charge on any atom is -0.361 e. The van der Waals surface area contributed by atoms with Crippen LogP contribution in [0, 0.1) is 29.6 Å². The fourth-order valence-corrected chi connectivity index (χ4v) is 14.9. The summed E-state index contributed by atoms with van der Waals surface area (Å²) in [7, 11) is 0. The third-order valence-electron chi connectivity index (χ3n) is 15.3. The number of H-pyrrole nitrogens is 1. The van der Waals surface area contributed by atoms with Gasteiger partial charge >= 0.3 is 0 Å². The van der Waals surface area contributed by atoms with Crippen molar-refractivity contribution in [1.82, 2.24) is 9.55 Å². The highest BCUT2D eigenvalue weighted by atomic mass is 32.2. The summed E-state index contributed by atoms with van der Waals surface area (Å²) in [5.74, 6) is 3.55. The number of thioether (sulfide) groups is 1. The van der Waals surface area contributed by atoms with Gasteiger partial charge in [-0.25, -0.2) is 0 Å². The maximum atomic E-state index is 5.77. The smallest absolute Gasteiger partial charge is 0.123 e. The summed E-state index contributed by atoms with van der Waals surface area (Å²) in [4.78, 5) is 9.61. The quantitative estimate of drug-likeness (QED) is 0.279. The number of rotatable bonds is 4. The summed E-state index contributed by atoms with van der Waals surface area (Å²) >= 11 is 2.40. The van der Waals surface area contributed by atoms with E-state index in [0.717, 1.165) is 42.1 Å². The molecule has 0 spiro atoms. The van der Waals surface area contributed by atoms with Crippen LogP contribution in [0.4, 0.5) is 5.69 Å². The molecule has 2 saturated carbocycles. The van der Waals surface area contributed by atoms with Crippen LogP contribution in [-0.4, -0.2) is 31.9 Å². The van der Waals surface area contributed by atoms with Gasteiger partial charge in [0.2, 0.25) is 0 Å². The van der Waals surface area contributed by atoms with Crippen LogP contribution in [-0.2, 0) is 12.8 Å². The van der Waals surface area contributed by atoms with Crippen LogP contribution < -0.4 is 15.9 Å². The maximum Gasteiger partial charge on any atom is 0.123 e. The van der Waals surface area contributed by atoms with Crippen LogP contribution in [0.1, 0.15) is 116 Å². The fourth-order valence-electron chi connectivity index (χ4n) is 12.8. The maximum absolute atomic E-state index is 5.77. The van der Waals surface area contributed by atoms with Crippen LogP contribution in [0.5, 0.6) is 0 Å². The lowest BCUT2D eigenvalue weighted by Crippen LogP contribution is -2.48. The zero-order valence-electron chi connectivity index (χ0n) is 32.5. The predicted molar refractivity (Wildman–Crippen MR) is 235 cm³/mol. The molecule has 4 heterocycles. The van der Waals surface area contributed by atoms with Crippen molar-refractivity contribution in [3.63, 3.8) is 0 Å². The summed E-state index contributed by atoms with van der Waals surface area (Å²) in [5, 5.41) is 8.74. The van der Waals surface area contributed by atoms with Crippen LogP contribution in [0.2, 0.25) is 0 Å². The average molecular weight is 755 g/mol. The van der Waals surface area contributed by atoms with Gasteiger partial charge in [-0.1, -0.05) is 97.2 Å². The third-order valence-corrected chi connectivity index (χ3v) is 17.1. The Balaban J connectivity index is 0.853. The number of hydrogen-bond donors (Lipinski definition) is 2. The van der Waals surface area contributed by atoms with Crippen LogP contribution in [0.15, 0.2) is 90.0 Å². The predicted octanol–water partition coefficient (Wildman–Crippen LogP) is 10.2. The van der Waals surface area contributed by atoms with Crippen molar-refractivity contribution < 1.29 is 0 Å². The van der Waals surface area contributed by atoms with Gasteiger partial charge in [0.25, 0.3) is 0 Å². The second kappa shape index (κ2) is 13.7. The molecule has 12 rings (SSSR count). The highest BCUT2D eigenvalue weighted by Crippen LogP contribution is 2.61. The molecule has 4 nitrogen and oxygen atoms in total. The summed E-state index contributed by atoms with van der Waals surface area (Å²) in [6.07, 6.45) is 48.3. The standard InChI is InChI=1S/C51H54N4S/c1-2-12-31(13-3-1)32-22-24-33(25-23-32)48-50-49(39-18-6-9-19-42(39)52-50)54-51(53-48)41-30-46-47(38-17-5-4-14-35(38)41)40-28-26-34(27-29-45(40)56-46)55-43-20-10-7-15-36(43)37-16-8-11-21-44(37)55/h1-5,9-10,12,14,16-17,19-25,31,34-35,38,40-41,45-47,51-52,54H,6-8,11,13,15,18,26-30H2/t31?,34?,35-,38+,40?,41?,45?,46?,47?,51?/m1/s1. The van der Waals surface area contributed by atoms with Crippen molar-refractivity contribution in [2.75, 3.05) is 5.32 Å². The third kappa shape index (κ3) is 5.42. The number of fused-ring (bicyclic) bond motifs is 11. The topological polar surface area (TPSA) is 45.1 Å². The molecule has 284 valence electrons. The minimum atomic E-state index is 0.0570. The van der Waals surface area contributed by atoms with E-state index in [0.29, 0.717) is 35.0 Å². The number of aromatic amines is 1. The van der Waals surface area contributed by atoms with Gasteiger partial charge in [0.1, 0.15) is 6.17 Å². The molecule has 5 heteroatoms. The van der Waals surface area contributed by atoms with Crippen molar-refractivity contribution in [2.24, 2.45) is 34.6 Å². The molecular weight excluding hydrogens is 701 g/mol. The normalized spacial score (nSPS) is 34.3. The van der Waals surface area contributed by atoms with E-state index in [1.807, 2.05) is 0 Å². The van der Waals surface area contributed by atoms with E-state index in [1.165, 1.54) is 97.2 Å². The molecule has 1 saturated heterocycles. The lowest BCUT2D eigenvalue weighted by atomic mass is 9.60. The summed E-state index contributed by atoms with van der Waals surface area (Å²) in [5.41, 5.74) is 12.1. The van der Waals surface area contributed by atoms with E-state index in [1.54, 1.807) is 16.1 Å². The summed E-state index contributed by atoms with van der Waals surface area (Å²) < 4.78 is 2.83. The van der Waals surface area contributed by atoms with Gasteiger partial charge in [0.05, 0.1) is 17.1 Å². The van der Waals surface area contributed by atoms with Crippen molar-refractivity contribution in [3.8, 4) is 0 Å². The van der Waals surface area contributed by atoms with Gasteiger partial charge in [0, 0.05) is 56.2 Å². The molecule has 0 radical (unpaired) electrons. The SMILES string of the molecule is C1=CCC(c2ccc(C3=NC(C4CC5SC6CCC(n7c8c(c9c7=CCCC=9)CCC=C8)CCC6C5[C@H]5C=CC=C[C@@H]45)Nc4c3[nH]c3c4CCC=C3)cc2)C=C1. The Morgan fingerprint density at radius 3 is 2.45 bits per heavy atom. The molecular formula is C51H54N4S. The molecule has 3 aromatic rings. The Kier molecular flexibility index (Phi) is 8.30. The number of nitrogens with zero attached hydrogens (tertiary/aromatic N) is 2. The van der Waals surface area contributed by atoms with Gasteiger partial charge < -0.3 is 14.9 Å². The molecule has 56 heavy (non-hydrogen) atoms. The van der Waals surface area contributed by atoms with E-state index in [2.05, 4.69) is 136 Å². The number of hydrogen-bond acceptors (Lipinski definition) is 3.